The lowest BCUT2D eigenvalue weighted by atomic mass is 10.2. The maximum Gasteiger partial charge on any atom is 0.273 e. The van der Waals surface area contributed by atoms with Gasteiger partial charge in [-0.3, -0.25) is 10.1 Å². The smallest absolute Gasteiger partial charge is 0.273 e. The van der Waals surface area contributed by atoms with E-state index in [0.29, 0.717) is 18.0 Å². The Morgan fingerprint density at radius 3 is 2.89 bits per heavy atom. The van der Waals surface area contributed by atoms with Gasteiger partial charge in [-0.25, -0.2) is 4.98 Å². The van der Waals surface area contributed by atoms with E-state index in [1.54, 1.807) is 12.3 Å². The van der Waals surface area contributed by atoms with Gasteiger partial charge >= 0.3 is 0 Å². The predicted octanol–water partition coefficient (Wildman–Crippen LogP) is 1.95. The molecule has 1 aromatic heterocycles. The molecule has 0 aliphatic rings. The summed E-state index contributed by atoms with van der Waals surface area (Å²) in [6.45, 7) is 0.512. The van der Waals surface area contributed by atoms with Crippen LogP contribution in [0.4, 0.5) is 11.4 Å². The quantitative estimate of drug-likeness (QED) is 0.657. The lowest BCUT2D eigenvalue weighted by Crippen LogP contribution is -2.06. The summed E-state index contributed by atoms with van der Waals surface area (Å²) in [6, 6.07) is 4.45. The zero-order valence-corrected chi connectivity index (χ0v) is 10.7. The summed E-state index contributed by atoms with van der Waals surface area (Å²) in [6.07, 6.45) is 3.56. The van der Waals surface area contributed by atoms with Gasteiger partial charge in [0.15, 0.2) is 0 Å². The molecule has 0 fully saturated rings. The van der Waals surface area contributed by atoms with Crippen molar-refractivity contribution in [3.63, 3.8) is 0 Å². The van der Waals surface area contributed by atoms with Crippen LogP contribution in [0, 0.1) is 10.1 Å². The first-order valence-corrected chi connectivity index (χ1v) is 5.64. The second-order valence-electron chi connectivity index (χ2n) is 3.95. The van der Waals surface area contributed by atoms with Gasteiger partial charge in [-0.1, -0.05) is 0 Å². The van der Waals surface area contributed by atoms with Gasteiger partial charge in [0.05, 0.1) is 30.3 Å². The highest BCUT2D eigenvalue weighted by Gasteiger charge is 2.11. The molecule has 7 heteroatoms. The summed E-state index contributed by atoms with van der Waals surface area (Å²) in [4.78, 5) is 14.4. The molecule has 0 saturated carbocycles. The normalized spacial score (nSPS) is 10.2. The third-order valence-electron chi connectivity index (χ3n) is 2.75. The minimum absolute atomic E-state index is 0.000563. The number of benzene rings is 1. The van der Waals surface area contributed by atoms with Gasteiger partial charge in [0.2, 0.25) is 0 Å². The van der Waals surface area contributed by atoms with Crippen LogP contribution in [-0.2, 0) is 13.6 Å². The van der Waals surface area contributed by atoms with E-state index in [1.807, 2.05) is 17.8 Å². The van der Waals surface area contributed by atoms with E-state index >= 15 is 0 Å². The zero-order valence-electron chi connectivity index (χ0n) is 10.7. The van der Waals surface area contributed by atoms with Crippen molar-refractivity contribution in [2.75, 3.05) is 12.4 Å². The molecule has 0 amide bonds. The van der Waals surface area contributed by atoms with Crippen molar-refractivity contribution in [3.8, 4) is 5.75 Å². The van der Waals surface area contributed by atoms with E-state index in [9.17, 15) is 10.1 Å². The average molecular weight is 262 g/mol. The highest BCUT2D eigenvalue weighted by atomic mass is 16.6. The Hall–Kier alpha value is -2.57. The van der Waals surface area contributed by atoms with Crippen molar-refractivity contribution in [1.29, 1.82) is 0 Å². The molecular formula is C12H14N4O3. The molecule has 7 nitrogen and oxygen atoms in total. The van der Waals surface area contributed by atoms with Crippen LogP contribution in [0.5, 0.6) is 5.75 Å². The lowest BCUT2D eigenvalue weighted by Gasteiger charge is -2.10. The minimum atomic E-state index is -0.453. The number of nitro benzene ring substituents is 1. The summed E-state index contributed by atoms with van der Waals surface area (Å²) < 4.78 is 7.04. The predicted molar refractivity (Wildman–Crippen MR) is 70.2 cm³/mol. The summed E-state index contributed by atoms with van der Waals surface area (Å²) >= 11 is 0. The summed E-state index contributed by atoms with van der Waals surface area (Å²) in [7, 11) is 3.38. The largest absolute Gasteiger partial charge is 0.494 e. The van der Waals surface area contributed by atoms with Gasteiger partial charge in [-0.05, 0) is 6.07 Å². The van der Waals surface area contributed by atoms with E-state index in [2.05, 4.69) is 10.3 Å². The Labute approximate surface area is 110 Å². The molecule has 1 heterocycles. The molecule has 19 heavy (non-hydrogen) atoms. The zero-order chi connectivity index (χ0) is 13.8. The molecule has 0 unspecified atom stereocenters. The van der Waals surface area contributed by atoms with E-state index in [0.717, 1.165) is 5.82 Å². The van der Waals surface area contributed by atoms with Crippen LogP contribution in [0.1, 0.15) is 5.82 Å². The number of nitro groups is 1. The van der Waals surface area contributed by atoms with E-state index in [4.69, 9.17) is 4.74 Å². The topological polar surface area (TPSA) is 82.2 Å². The molecule has 0 saturated heterocycles. The van der Waals surface area contributed by atoms with Gasteiger partial charge in [0.1, 0.15) is 11.6 Å². The van der Waals surface area contributed by atoms with E-state index in [-0.39, 0.29) is 5.69 Å². The third kappa shape index (κ3) is 2.82. The van der Waals surface area contributed by atoms with Crippen molar-refractivity contribution >= 4 is 11.4 Å². The Balaban J connectivity index is 2.16. The molecule has 0 spiro atoms. The van der Waals surface area contributed by atoms with Crippen LogP contribution in [0.15, 0.2) is 30.6 Å². The monoisotopic (exact) mass is 262 g/mol. The molecule has 0 radical (unpaired) electrons. The molecule has 2 rings (SSSR count). The van der Waals surface area contributed by atoms with Crippen molar-refractivity contribution in [1.82, 2.24) is 9.55 Å². The number of methoxy groups -OCH3 is 1. The maximum absolute atomic E-state index is 10.7. The van der Waals surface area contributed by atoms with E-state index < -0.39 is 4.92 Å². The first-order chi connectivity index (χ1) is 9.11. The first kappa shape index (κ1) is 12.9. The van der Waals surface area contributed by atoms with Crippen molar-refractivity contribution in [2.45, 2.75) is 6.54 Å². The van der Waals surface area contributed by atoms with Gasteiger partial charge < -0.3 is 14.6 Å². The second-order valence-corrected chi connectivity index (χ2v) is 3.95. The highest BCUT2D eigenvalue weighted by molar-refractivity contribution is 5.60. The highest BCUT2D eigenvalue weighted by Crippen LogP contribution is 2.29. The molecule has 0 bridgehead atoms. The second kappa shape index (κ2) is 5.38. The standard InChI is InChI=1S/C12H14N4O3/c1-15-6-5-13-12(15)8-14-10-4-3-9(16(17)18)7-11(10)19-2/h3-7,14H,8H2,1-2H3. The number of nitrogens with one attached hydrogen (secondary N) is 1. The van der Waals surface area contributed by atoms with Crippen molar-refractivity contribution in [2.24, 2.45) is 7.05 Å². The van der Waals surface area contributed by atoms with E-state index in [1.165, 1.54) is 19.2 Å². The fourth-order valence-corrected chi connectivity index (χ4v) is 1.68. The van der Waals surface area contributed by atoms with Crippen molar-refractivity contribution in [3.05, 3.63) is 46.5 Å². The number of aromatic nitrogens is 2. The number of nitrogens with zero attached hydrogens (tertiary/aromatic N) is 3. The molecule has 0 aliphatic carbocycles. The van der Waals surface area contributed by atoms with Crippen LogP contribution in [0.2, 0.25) is 0 Å². The molecular weight excluding hydrogens is 248 g/mol. The number of non-ortho nitro benzene ring substituents is 1. The Kier molecular flexibility index (Phi) is 3.65. The fourth-order valence-electron chi connectivity index (χ4n) is 1.68. The summed E-state index contributed by atoms with van der Waals surface area (Å²) in [5.41, 5.74) is 0.690. The van der Waals surface area contributed by atoms with Gasteiger partial charge in [0, 0.05) is 25.5 Å². The number of aryl methyl sites for hydroxylation is 1. The molecule has 0 atom stereocenters. The van der Waals surface area contributed by atoms with Crippen LogP contribution >= 0.6 is 0 Å². The molecule has 0 aliphatic heterocycles. The number of rotatable bonds is 5. The third-order valence-corrected chi connectivity index (χ3v) is 2.75. The van der Waals surface area contributed by atoms with Crippen LogP contribution < -0.4 is 10.1 Å². The van der Waals surface area contributed by atoms with Crippen LogP contribution in [0.3, 0.4) is 0 Å². The van der Waals surface area contributed by atoms with Gasteiger partial charge in [-0.2, -0.15) is 0 Å². The Morgan fingerprint density at radius 1 is 1.53 bits per heavy atom. The maximum atomic E-state index is 10.7. The van der Waals surface area contributed by atoms with Crippen molar-refractivity contribution < 1.29 is 9.66 Å². The number of hydrogen-bond donors (Lipinski definition) is 1. The lowest BCUT2D eigenvalue weighted by molar-refractivity contribution is -0.384. The number of ether oxygens (including phenoxy) is 1. The SMILES string of the molecule is COc1cc([N+](=O)[O-])ccc1NCc1nccn1C. The molecule has 100 valence electrons. The fraction of sp³-hybridized carbons (Fsp3) is 0.250. The summed E-state index contributed by atoms with van der Waals surface area (Å²) in [5, 5.41) is 13.8. The first-order valence-electron chi connectivity index (χ1n) is 5.64. The molecule has 1 aromatic carbocycles. The average Bonchev–Trinajstić information content (AvgIpc) is 2.81. The van der Waals surface area contributed by atoms with Crippen LogP contribution in [-0.4, -0.2) is 21.6 Å². The summed E-state index contributed by atoms with van der Waals surface area (Å²) in [5.74, 6) is 1.30. The Morgan fingerprint density at radius 2 is 2.32 bits per heavy atom. The van der Waals surface area contributed by atoms with Gasteiger partial charge in [0.25, 0.3) is 5.69 Å². The van der Waals surface area contributed by atoms with Gasteiger partial charge in [-0.15, -0.1) is 0 Å². The van der Waals surface area contributed by atoms with Crippen LogP contribution in [0.25, 0.3) is 0 Å². The number of hydrogen-bond acceptors (Lipinski definition) is 5. The number of anilines is 1. The number of imidazole rings is 1. The molecule has 1 N–H and O–H groups in total. The minimum Gasteiger partial charge on any atom is -0.494 e. The molecule has 2 aromatic rings. The Bertz CT molecular complexity index is 594.